The van der Waals surface area contributed by atoms with Crippen molar-refractivity contribution in [3.05, 3.63) is 69.4 Å². The second-order valence-electron chi connectivity index (χ2n) is 4.05. The van der Waals surface area contributed by atoms with E-state index in [2.05, 4.69) is 21.2 Å². The van der Waals surface area contributed by atoms with Crippen LogP contribution in [-0.2, 0) is 0 Å². The Morgan fingerprint density at radius 2 is 1.68 bits per heavy atom. The summed E-state index contributed by atoms with van der Waals surface area (Å²) >= 11 is 3.16. The number of nitrogens with one attached hydrogen (secondary N) is 1. The Kier molecular flexibility index (Phi) is 4.27. The van der Waals surface area contributed by atoms with Crippen molar-refractivity contribution in [3.8, 4) is 0 Å². The zero-order valence-electron chi connectivity index (χ0n) is 10.1. The third-order valence-corrected chi connectivity index (χ3v) is 3.32. The lowest BCUT2D eigenvalue weighted by molar-refractivity contribution is 0.537. The highest BCUT2D eigenvalue weighted by Gasteiger charge is 2.20. The summed E-state index contributed by atoms with van der Waals surface area (Å²) in [7, 11) is 1.57. The lowest BCUT2D eigenvalue weighted by Gasteiger charge is -2.18. The topological polar surface area (TPSA) is 12.0 Å². The molecule has 0 fully saturated rings. The van der Waals surface area contributed by atoms with Crippen LogP contribution in [0, 0.1) is 17.5 Å². The molecule has 1 unspecified atom stereocenters. The van der Waals surface area contributed by atoms with Crippen molar-refractivity contribution >= 4 is 15.9 Å². The van der Waals surface area contributed by atoms with Gasteiger partial charge in [0.05, 0.1) is 6.04 Å². The Morgan fingerprint density at radius 3 is 2.32 bits per heavy atom. The van der Waals surface area contributed by atoms with Gasteiger partial charge >= 0.3 is 0 Å². The minimum atomic E-state index is -0.746. The molecule has 100 valence electrons. The molecule has 0 radical (unpaired) electrons. The maximum absolute atomic E-state index is 13.9. The van der Waals surface area contributed by atoms with E-state index in [1.165, 1.54) is 12.1 Å². The summed E-state index contributed by atoms with van der Waals surface area (Å²) in [4.78, 5) is 0. The number of hydrogen-bond donors (Lipinski definition) is 1. The first-order valence-corrected chi connectivity index (χ1v) is 6.39. The monoisotopic (exact) mass is 329 g/mol. The highest BCUT2D eigenvalue weighted by atomic mass is 79.9. The molecule has 2 rings (SSSR count). The van der Waals surface area contributed by atoms with E-state index >= 15 is 0 Å². The Bertz CT molecular complexity index is 601. The van der Waals surface area contributed by atoms with Gasteiger partial charge in [0.1, 0.15) is 17.5 Å². The van der Waals surface area contributed by atoms with E-state index in [-0.39, 0.29) is 11.1 Å². The second kappa shape index (κ2) is 5.75. The van der Waals surface area contributed by atoms with Gasteiger partial charge in [-0.05, 0) is 37.4 Å². The Labute approximate surface area is 117 Å². The SMILES string of the molecule is CNC(c1ccc(Br)cc1F)c1cc(F)ccc1F. The van der Waals surface area contributed by atoms with Crippen LogP contribution >= 0.6 is 15.9 Å². The van der Waals surface area contributed by atoms with E-state index in [4.69, 9.17) is 0 Å². The Hall–Kier alpha value is -1.33. The van der Waals surface area contributed by atoms with Gasteiger partial charge < -0.3 is 5.32 Å². The average molecular weight is 330 g/mol. The molecule has 5 heteroatoms. The molecule has 0 aliphatic heterocycles. The normalized spacial score (nSPS) is 12.5. The molecule has 1 nitrogen and oxygen atoms in total. The van der Waals surface area contributed by atoms with Crippen LogP contribution in [0.3, 0.4) is 0 Å². The molecule has 1 atom stereocenters. The summed E-state index contributed by atoms with van der Waals surface area (Å²) < 4.78 is 41.5. The zero-order chi connectivity index (χ0) is 14.0. The first-order chi connectivity index (χ1) is 9.02. The number of benzene rings is 2. The van der Waals surface area contributed by atoms with E-state index in [1.54, 1.807) is 13.1 Å². The zero-order valence-corrected chi connectivity index (χ0v) is 11.6. The van der Waals surface area contributed by atoms with Crippen LogP contribution in [0.2, 0.25) is 0 Å². The maximum Gasteiger partial charge on any atom is 0.129 e. The summed E-state index contributed by atoms with van der Waals surface area (Å²) in [5.74, 6) is -1.63. The smallest absolute Gasteiger partial charge is 0.129 e. The minimum absolute atomic E-state index is 0.0729. The predicted molar refractivity (Wildman–Crippen MR) is 71.4 cm³/mol. The van der Waals surface area contributed by atoms with Crippen LogP contribution in [-0.4, -0.2) is 7.05 Å². The lowest BCUT2D eigenvalue weighted by Crippen LogP contribution is -2.20. The fraction of sp³-hybridized carbons (Fsp3) is 0.143. The molecule has 0 saturated heterocycles. The summed E-state index contributed by atoms with van der Waals surface area (Å²) in [5.41, 5.74) is 0.332. The van der Waals surface area contributed by atoms with Gasteiger partial charge in [-0.25, -0.2) is 13.2 Å². The molecular weight excluding hydrogens is 319 g/mol. The second-order valence-corrected chi connectivity index (χ2v) is 4.97. The molecule has 0 aliphatic rings. The number of rotatable bonds is 3. The number of hydrogen-bond acceptors (Lipinski definition) is 1. The predicted octanol–water partition coefficient (Wildman–Crippen LogP) is 4.18. The molecule has 0 saturated carbocycles. The van der Waals surface area contributed by atoms with Gasteiger partial charge in [-0.15, -0.1) is 0 Å². The van der Waals surface area contributed by atoms with E-state index < -0.39 is 23.5 Å². The third kappa shape index (κ3) is 2.98. The van der Waals surface area contributed by atoms with Crippen molar-refractivity contribution in [2.45, 2.75) is 6.04 Å². The first kappa shape index (κ1) is 14.1. The summed E-state index contributed by atoms with van der Waals surface area (Å²) in [5, 5.41) is 2.80. The number of halogens is 4. The fourth-order valence-electron chi connectivity index (χ4n) is 1.95. The molecule has 1 N–H and O–H groups in total. The van der Waals surface area contributed by atoms with Gasteiger partial charge in [0.25, 0.3) is 0 Å². The van der Waals surface area contributed by atoms with Gasteiger partial charge in [0.15, 0.2) is 0 Å². The van der Waals surface area contributed by atoms with Crippen LogP contribution in [0.25, 0.3) is 0 Å². The van der Waals surface area contributed by atoms with Crippen molar-refractivity contribution in [2.75, 3.05) is 7.05 Å². The van der Waals surface area contributed by atoms with Gasteiger partial charge in [-0.1, -0.05) is 22.0 Å². The van der Waals surface area contributed by atoms with Crippen molar-refractivity contribution in [1.82, 2.24) is 5.32 Å². The minimum Gasteiger partial charge on any atom is -0.309 e. The molecule has 0 spiro atoms. The van der Waals surface area contributed by atoms with Crippen LogP contribution in [0.5, 0.6) is 0 Å². The molecule has 0 heterocycles. The van der Waals surface area contributed by atoms with Crippen molar-refractivity contribution in [1.29, 1.82) is 0 Å². The highest BCUT2D eigenvalue weighted by Crippen LogP contribution is 2.28. The van der Waals surface area contributed by atoms with Gasteiger partial charge in [0.2, 0.25) is 0 Å². The molecule has 2 aromatic carbocycles. The Balaban J connectivity index is 2.52. The van der Waals surface area contributed by atoms with E-state index in [9.17, 15) is 13.2 Å². The van der Waals surface area contributed by atoms with E-state index in [0.717, 1.165) is 18.2 Å². The molecule has 0 bridgehead atoms. The van der Waals surface area contributed by atoms with E-state index in [0.29, 0.717) is 4.47 Å². The van der Waals surface area contributed by atoms with Crippen LogP contribution in [0.15, 0.2) is 40.9 Å². The molecule has 19 heavy (non-hydrogen) atoms. The molecule has 0 aromatic heterocycles. The van der Waals surface area contributed by atoms with Crippen LogP contribution < -0.4 is 5.32 Å². The van der Waals surface area contributed by atoms with Gasteiger partial charge in [0, 0.05) is 15.6 Å². The standard InChI is InChI=1S/C14H11BrF3N/c1-19-14(10-4-2-8(15)6-13(10)18)11-7-9(16)3-5-12(11)17/h2-7,14,19H,1H3. The third-order valence-electron chi connectivity index (χ3n) is 2.83. The highest BCUT2D eigenvalue weighted by molar-refractivity contribution is 9.10. The molecule has 2 aromatic rings. The summed E-state index contributed by atoms with van der Waals surface area (Å²) in [6, 6.07) is 6.86. The van der Waals surface area contributed by atoms with Crippen LogP contribution in [0.4, 0.5) is 13.2 Å². The van der Waals surface area contributed by atoms with Gasteiger partial charge in [-0.2, -0.15) is 0 Å². The van der Waals surface area contributed by atoms with Crippen molar-refractivity contribution in [3.63, 3.8) is 0 Å². The quantitative estimate of drug-likeness (QED) is 0.890. The van der Waals surface area contributed by atoms with Gasteiger partial charge in [-0.3, -0.25) is 0 Å². The summed E-state index contributed by atoms with van der Waals surface area (Å²) in [6.07, 6.45) is 0. The Morgan fingerprint density at radius 1 is 0.947 bits per heavy atom. The molecule has 0 aliphatic carbocycles. The first-order valence-electron chi connectivity index (χ1n) is 5.60. The maximum atomic E-state index is 13.9. The average Bonchev–Trinajstić information content (AvgIpc) is 2.36. The van der Waals surface area contributed by atoms with E-state index in [1.807, 2.05) is 0 Å². The molecular formula is C14H11BrF3N. The fourth-order valence-corrected chi connectivity index (χ4v) is 2.28. The van der Waals surface area contributed by atoms with Crippen LogP contribution in [0.1, 0.15) is 17.2 Å². The lowest BCUT2D eigenvalue weighted by atomic mass is 9.98. The molecule has 0 amide bonds. The largest absolute Gasteiger partial charge is 0.309 e. The van der Waals surface area contributed by atoms with Crippen molar-refractivity contribution < 1.29 is 13.2 Å². The summed E-state index contributed by atoms with van der Waals surface area (Å²) in [6.45, 7) is 0. The van der Waals surface area contributed by atoms with Crippen molar-refractivity contribution in [2.24, 2.45) is 0 Å².